The van der Waals surface area contributed by atoms with Gasteiger partial charge in [-0.15, -0.1) is 11.3 Å². The second-order valence-corrected chi connectivity index (χ2v) is 13.2. The van der Waals surface area contributed by atoms with E-state index in [1.165, 1.54) is 80.8 Å². The molecule has 9 aromatic rings. The minimum absolute atomic E-state index is 0.0589. The van der Waals surface area contributed by atoms with Crippen LogP contribution in [-0.4, -0.2) is 4.57 Å². The van der Waals surface area contributed by atoms with Crippen molar-refractivity contribution in [2.45, 2.75) is 12.2 Å². The highest BCUT2D eigenvalue weighted by molar-refractivity contribution is 7.26. The maximum absolute atomic E-state index is 4.00. The Kier molecular flexibility index (Phi) is 5.65. The lowest BCUT2D eigenvalue weighted by atomic mass is 9.91. The molecule has 10 rings (SSSR count). The minimum atomic E-state index is -0.0589. The van der Waals surface area contributed by atoms with Crippen LogP contribution in [0.3, 0.4) is 0 Å². The molecular weight excluding hydrogens is 579 g/mol. The van der Waals surface area contributed by atoms with Crippen molar-refractivity contribution >= 4 is 69.8 Å². The van der Waals surface area contributed by atoms with Gasteiger partial charge in [0.2, 0.25) is 0 Å². The van der Waals surface area contributed by atoms with Crippen molar-refractivity contribution in [1.29, 1.82) is 0 Å². The van der Waals surface area contributed by atoms with Crippen LogP contribution >= 0.6 is 11.3 Å². The van der Waals surface area contributed by atoms with Crippen LogP contribution in [-0.2, 0) is 0 Å². The van der Waals surface area contributed by atoms with Gasteiger partial charge in [0, 0.05) is 31.9 Å². The molecule has 0 bridgehead atoms. The Labute approximate surface area is 270 Å². The first-order valence-corrected chi connectivity index (χ1v) is 16.7. The summed E-state index contributed by atoms with van der Waals surface area (Å²) in [6, 6.07) is 55.3. The van der Waals surface area contributed by atoms with Gasteiger partial charge in [0.1, 0.15) is 6.17 Å². The van der Waals surface area contributed by atoms with Crippen molar-refractivity contribution < 1.29 is 0 Å². The van der Waals surface area contributed by atoms with Crippen LogP contribution in [0.4, 0.5) is 5.69 Å². The Hall–Kier alpha value is -5.42. The molecule has 0 fully saturated rings. The number of rotatable bonds is 3. The van der Waals surface area contributed by atoms with Gasteiger partial charge in [-0.25, -0.2) is 0 Å². The number of hydrogen-bond donors (Lipinski definition) is 2. The van der Waals surface area contributed by atoms with Gasteiger partial charge in [-0.1, -0.05) is 121 Å². The fourth-order valence-electron chi connectivity index (χ4n) is 7.69. The molecule has 1 aliphatic rings. The summed E-state index contributed by atoms with van der Waals surface area (Å²) >= 11 is 1.90. The highest BCUT2D eigenvalue weighted by Gasteiger charge is 2.29. The molecule has 0 amide bonds. The third kappa shape index (κ3) is 3.75. The lowest BCUT2D eigenvalue weighted by Crippen LogP contribution is -2.37. The maximum Gasteiger partial charge on any atom is 0.105 e. The highest BCUT2D eigenvalue weighted by Crippen LogP contribution is 2.46. The van der Waals surface area contributed by atoms with Crippen LogP contribution in [0.15, 0.2) is 152 Å². The van der Waals surface area contributed by atoms with E-state index in [2.05, 4.69) is 167 Å². The van der Waals surface area contributed by atoms with Gasteiger partial charge < -0.3 is 9.88 Å². The van der Waals surface area contributed by atoms with Crippen LogP contribution in [0.25, 0.3) is 58.4 Å². The number of benzene rings is 7. The standard InChI is InChI=1S/C42H29N3S/c1-2-13-26(14-3-1)40-31-19-6-9-21-34(31)43-42(44-40)33-25-38-39(30-18-5-4-15-27(30)33)32-20-12-24-37(41(32)46-38)45-35-22-10-7-16-28(35)29-17-8-11-23-36(29)45/h1-25,40,42-44H. The molecule has 0 saturated carbocycles. The fraction of sp³-hybridized carbons (Fsp3) is 0.0476. The number of para-hydroxylation sites is 3. The molecule has 2 unspecified atom stereocenters. The Morgan fingerprint density at radius 2 is 1.15 bits per heavy atom. The van der Waals surface area contributed by atoms with E-state index in [1.54, 1.807) is 0 Å². The summed E-state index contributed by atoms with van der Waals surface area (Å²) in [7, 11) is 0. The molecule has 0 radical (unpaired) electrons. The Bertz CT molecular complexity index is 2560. The van der Waals surface area contributed by atoms with Crippen LogP contribution in [0.2, 0.25) is 0 Å². The highest BCUT2D eigenvalue weighted by atomic mass is 32.1. The first-order valence-electron chi connectivity index (χ1n) is 15.9. The van der Waals surface area contributed by atoms with E-state index in [4.69, 9.17) is 0 Å². The second-order valence-electron chi connectivity index (χ2n) is 12.2. The van der Waals surface area contributed by atoms with Crippen molar-refractivity contribution in [1.82, 2.24) is 9.88 Å². The summed E-state index contributed by atoms with van der Waals surface area (Å²) in [6.07, 6.45) is -0.0589. The number of aromatic nitrogens is 1. The zero-order valence-electron chi connectivity index (χ0n) is 24.9. The third-order valence-corrected chi connectivity index (χ3v) is 10.9. The number of thiophene rings is 1. The van der Waals surface area contributed by atoms with E-state index >= 15 is 0 Å². The first-order chi connectivity index (χ1) is 22.8. The van der Waals surface area contributed by atoms with E-state index in [1.807, 2.05) is 11.3 Å². The van der Waals surface area contributed by atoms with Gasteiger partial charge in [-0.05, 0) is 57.8 Å². The monoisotopic (exact) mass is 607 g/mol. The predicted molar refractivity (Wildman–Crippen MR) is 195 cm³/mol. The summed E-state index contributed by atoms with van der Waals surface area (Å²) < 4.78 is 5.07. The quantitative estimate of drug-likeness (QED) is 0.209. The summed E-state index contributed by atoms with van der Waals surface area (Å²) in [5.41, 5.74) is 8.69. The molecule has 0 spiro atoms. The molecule has 2 aromatic heterocycles. The first kappa shape index (κ1) is 25.9. The van der Waals surface area contributed by atoms with Gasteiger partial charge in [-0.2, -0.15) is 0 Å². The molecule has 2 atom stereocenters. The van der Waals surface area contributed by atoms with Crippen molar-refractivity contribution in [2.24, 2.45) is 0 Å². The van der Waals surface area contributed by atoms with Gasteiger partial charge in [0.25, 0.3) is 0 Å². The van der Waals surface area contributed by atoms with Crippen molar-refractivity contribution in [3.8, 4) is 5.69 Å². The van der Waals surface area contributed by atoms with Crippen molar-refractivity contribution in [3.05, 3.63) is 168 Å². The third-order valence-electron chi connectivity index (χ3n) is 9.69. The van der Waals surface area contributed by atoms with Crippen LogP contribution in [0.1, 0.15) is 28.9 Å². The lowest BCUT2D eigenvalue weighted by molar-refractivity contribution is 0.509. The summed E-state index contributed by atoms with van der Waals surface area (Å²) in [5, 5.41) is 15.6. The van der Waals surface area contributed by atoms with E-state index in [0.29, 0.717) is 0 Å². The Morgan fingerprint density at radius 1 is 0.522 bits per heavy atom. The zero-order valence-corrected chi connectivity index (χ0v) is 25.8. The molecule has 4 heteroatoms. The zero-order chi connectivity index (χ0) is 30.2. The molecule has 0 aliphatic carbocycles. The largest absolute Gasteiger partial charge is 0.366 e. The molecular formula is C42H29N3S. The number of nitrogens with one attached hydrogen (secondary N) is 2. The summed E-state index contributed by atoms with van der Waals surface area (Å²) in [6.45, 7) is 0. The summed E-state index contributed by atoms with van der Waals surface area (Å²) in [5.74, 6) is 0. The van der Waals surface area contributed by atoms with Crippen molar-refractivity contribution in [2.75, 3.05) is 5.32 Å². The van der Waals surface area contributed by atoms with Gasteiger partial charge >= 0.3 is 0 Å². The molecule has 3 heterocycles. The van der Waals surface area contributed by atoms with E-state index in [-0.39, 0.29) is 12.2 Å². The lowest BCUT2D eigenvalue weighted by Gasteiger charge is -2.36. The van der Waals surface area contributed by atoms with Crippen LogP contribution in [0, 0.1) is 0 Å². The molecule has 218 valence electrons. The topological polar surface area (TPSA) is 29.0 Å². The van der Waals surface area contributed by atoms with Crippen LogP contribution in [0.5, 0.6) is 0 Å². The second kappa shape index (κ2) is 10.0. The Balaban J connectivity index is 1.22. The van der Waals surface area contributed by atoms with Gasteiger partial charge in [-0.3, -0.25) is 5.32 Å². The normalized spacial score (nSPS) is 16.3. The Morgan fingerprint density at radius 3 is 1.93 bits per heavy atom. The van der Waals surface area contributed by atoms with E-state index < -0.39 is 0 Å². The maximum atomic E-state index is 4.00. The van der Waals surface area contributed by atoms with Crippen molar-refractivity contribution in [3.63, 3.8) is 0 Å². The molecule has 46 heavy (non-hydrogen) atoms. The van der Waals surface area contributed by atoms with E-state index in [0.717, 1.165) is 0 Å². The van der Waals surface area contributed by atoms with E-state index in [9.17, 15) is 0 Å². The average Bonchev–Trinajstić information content (AvgIpc) is 3.67. The molecule has 3 nitrogen and oxygen atoms in total. The van der Waals surface area contributed by atoms with Crippen LogP contribution < -0.4 is 10.6 Å². The number of nitrogens with zero attached hydrogens (tertiary/aromatic N) is 1. The predicted octanol–water partition coefficient (Wildman–Crippen LogP) is 11.1. The fourth-order valence-corrected chi connectivity index (χ4v) is 8.97. The molecule has 1 aliphatic heterocycles. The summed E-state index contributed by atoms with van der Waals surface area (Å²) in [4.78, 5) is 0. The molecule has 7 aromatic carbocycles. The smallest absolute Gasteiger partial charge is 0.105 e. The SMILES string of the molecule is c1ccc(C2NC(c3cc4sc5c(-n6c7ccccc7c7ccccc76)cccc5c4c4ccccc34)Nc3ccccc32)cc1. The minimum Gasteiger partial charge on any atom is -0.366 e. The molecule has 0 saturated heterocycles. The number of anilines is 1. The van der Waals surface area contributed by atoms with Gasteiger partial charge in [0.15, 0.2) is 0 Å². The molecule has 2 N–H and O–H groups in total. The number of hydrogen-bond acceptors (Lipinski definition) is 3. The number of fused-ring (bicyclic) bond motifs is 9. The average molecular weight is 608 g/mol. The van der Waals surface area contributed by atoms with Gasteiger partial charge in [0.05, 0.1) is 27.5 Å².